The van der Waals surface area contributed by atoms with E-state index in [0.29, 0.717) is 6.42 Å². The minimum Gasteiger partial charge on any atom is -0.324 e. The van der Waals surface area contributed by atoms with Gasteiger partial charge in [0.05, 0.1) is 0 Å². The highest BCUT2D eigenvalue weighted by molar-refractivity contribution is 9.10. The van der Waals surface area contributed by atoms with E-state index in [1.165, 1.54) is 12.1 Å². The standard InChI is InChI=1S/C14H14BrFN2/c1-9-6-10(4-5-18-9)14(17)8-11-7-12(16)2-3-13(11)15/h2-7,14H,8,17H2,1H3. The monoisotopic (exact) mass is 308 g/mol. The largest absolute Gasteiger partial charge is 0.324 e. The van der Waals surface area contributed by atoms with Crippen molar-refractivity contribution in [1.82, 2.24) is 4.98 Å². The zero-order chi connectivity index (χ0) is 13.1. The van der Waals surface area contributed by atoms with E-state index in [1.54, 1.807) is 12.3 Å². The topological polar surface area (TPSA) is 38.9 Å². The van der Waals surface area contributed by atoms with E-state index in [4.69, 9.17) is 5.73 Å². The van der Waals surface area contributed by atoms with Gasteiger partial charge in [-0.2, -0.15) is 0 Å². The summed E-state index contributed by atoms with van der Waals surface area (Å²) in [6, 6.07) is 8.33. The molecule has 2 N–H and O–H groups in total. The van der Waals surface area contributed by atoms with Gasteiger partial charge in [-0.05, 0) is 54.8 Å². The fraction of sp³-hybridized carbons (Fsp3) is 0.214. The summed E-state index contributed by atoms with van der Waals surface area (Å²) >= 11 is 3.41. The average Bonchev–Trinajstić information content (AvgIpc) is 2.34. The Morgan fingerprint density at radius 3 is 2.83 bits per heavy atom. The van der Waals surface area contributed by atoms with Gasteiger partial charge in [-0.25, -0.2) is 4.39 Å². The Balaban J connectivity index is 2.21. The van der Waals surface area contributed by atoms with Crippen molar-refractivity contribution >= 4 is 15.9 Å². The van der Waals surface area contributed by atoms with Crippen LogP contribution >= 0.6 is 15.9 Å². The van der Waals surface area contributed by atoms with Crippen LogP contribution in [0.25, 0.3) is 0 Å². The zero-order valence-corrected chi connectivity index (χ0v) is 11.6. The first-order chi connectivity index (χ1) is 8.56. The van der Waals surface area contributed by atoms with Crippen molar-refractivity contribution in [3.63, 3.8) is 0 Å². The average molecular weight is 309 g/mol. The van der Waals surface area contributed by atoms with E-state index in [0.717, 1.165) is 21.3 Å². The number of benzene rings is 1. The van der Waals surface area contributed by atoms with Crippen molar-refractivity contribution in [3.05, 3.63) is 63.6 Å². The summed E-state index contributed by atoms with van der Waals surface area (Å²) in [5, 5.41) is 0. The van der Waals surface area contributed by atoms with Crippen molar-refractivity contribution in [1.29, 1.82) is 0 Å². The van der Waals surface area contributed by atoms with Gasteiger partial charge in [0.15, 0.2) is 0 Å². The number of rotatable bonds is 3. The van der Waals surface area contributed by atoms with Crippen molar-refractivity contribution in [2.24, 2.45) is 5.73 Å². The van der Waals surface area contributed by atoms with Gasteiger partial charge in [-0.15, -0.1) is 0 Å². The summed E-state index contributed by atoms with van der Waals surface area (Å²) in [5.41, 5.74) is 8.96. The third-order valence-electron chi connectivity index (χ3n) is 2.80. The molecule has 0 fully saturated rings. The fourth-order valence-electron chi connectivity index (χ4n) is 1.85. The predicted molar refractivity (Wildman–Crippen MR) is 73.7 cm³/mol. The van der Waals surface area contributed by atoms with Gasteiger partial charge >= 0.3 is 0 Å². The number of pyridine rings is 1. The summed E-state index contributed by atoms with van der Waals surface area (Å²) in [7, 11) is 0. The van der Waals surface area contributed by atoms with Crippen LogP contribution in [0.2, 0.25) is 0 Å². The molecule has 0 radical (unpaired) electrons. The van der Waals surface area contributed by atoms with Crippen LogP contribution in [0, 0.1) is 12.7 Å². The minimum atomic E-state index is -0.244. The molecule has 1 aromatic heterocycles. The molecule has 0 saturated carbocycles. The molecular weight excluding hydrogens is 295 g/mol. The summed E-state index contributed by atoms with van der Waals surface area (Å²) in [6.07, 6.45) is 2.33. The maximum Gasteiger partial charge on any atom is 0.123 e. The SMILES string of the molecule is Cc1cc(C(N)Cc2cc(F)ccc2Br)ccn1. The summed E-state index contributed by atoms with van der Waals surface area (Å²) in [4.78, 5) is 4.14. The Morgan fingerprint density at radius 1 is 1.33 bits per heavy atom. The lowest BCUT2D eigenvalue weighted by Gasteiger charge is -2.13. The minimum absolute atomic E-state index is 0.162. The first kappa shape index (κ1) is 13.2. The molecule has 1 unspecified atom stereocenters. The summed E-state index contributed by atoms with van der Waals surface area (Å²) in [6.45, 7) is 1.92. The molecule has 0 spiro atoms. The molecule has 0 aliphatic rings. The molecule has 0 amide bonds. The predicted octanol–water partition coefficient (Wildman–Crippen LogP) is 3.53. The molecule has 0 bridgehead atoms. The Bertz CT molecular complexity index is 557. The second-order valence-corrected chi connectivity index (χ2v) is 5.13. The first-order valence-corrected chi connectivity index (χ1v) is 6.47. The normalized spacial score (nSPS) is 12.4. The fourth-order valence-corrected chi connectivity index (χ4v) is 2.26. The molecule has 0 saturated heterocycles. The molecule has 0 aliphatic carbocycles. The van der Waals surface area contributed by atoms with Crippen LogP contribution in [-0.4, -0.2) is 4.98 Å². The van der Waals surface area contributed by atoms with Gasteiger partial charge < -0.3 is 5.73 Å². The number of hydrogen-bond acceptors (Lipinski definition) is 2. The molecule has 18 heavy (non-hydrogen) atoms. The van der Waals surface area contributed by atoms with Crippen molar-refractivity contribution in [2.45, 2.75) is 19.4 Å². The summed E-state index contributed by atoms with van der Waals surface area (Å²) in [5.74, 6) is -0.244. The second kappa shape index (κ2) is 5.59. The molecule has 1 heterocycles. The van der Waals surface area contributed by atoms with E-state index in [1.807, 2.05) is 19.1 Å². The van der Waals surface area contributed by atoms with Crippen LogP contribution in [0.15, 0.2) is 41.0 Å². The van der Waals surface area contributed by atoms with Crippen LogP contribution < -0.4 is 5.73 Å². The maximum atomic E-state index is 13.2. The van der Waals surface area contributed by atoms with Gasteiger partial charge in [-0.1, -0.05) is 15.9 Å². The van der Waals surface area contributed by atoms with Gasteiger partial charge in [0.25, 0.3) is 0 Å². The lowest BCUT2D eigenvalue weighted by atomic mass is 10.00. The van der Waals surface area contributed by atoms with Gasteiger partial charge in [-0.3, -0.25) is 4.98 Å². The quantitative estimate of drug-likeness (QED) is 0.942. The molecule has 4 heteroatoms. The highest BCUT2D eigenvalue weighted by Gasteiger charge is 2.10. The molecule has 2 nitrogen and oxygen atoms in total. The number of aromatic nitrogens is 1. The lowest BCUT2D eigenvalue weighted by Crippen LogP contribution is -2.14. The summed E-state index contributed by atoms with van der Waals surface area (Å²) < 4.78 is 14.1. The highest BCUT2D eigenvalue weighted by Crippen LogP contribution is 2.23. The van der Waals surface area contributed by atoms with Gasteiger partial charge in [0, 0.05) is 22.4 Å². The zero-order valence-electron chi connectivity index (χ0n) is 10.0. The van der Waals surface area contributed by atoms with Crippen molar-refractivity contribution in [3.8, 4) is 0 Å². The van der Waals surface area contributed by atoms with Crippen molar-refractivity contribution < 1.29 is 4.39 Å². The molecular formula is C14H14BrFN2. The smallest absolute Gasteiger partial charge is 0.123 e. The van der Waals surface area contributed by atoms with E-state index < -0.39 is 0 Å². The first-order valence-electron chi connectivity index (χ1n) is 5.68. The van der Waals surface area contributed by atoms with Crippen LogP contribution in [0.5, 0.6) is 0 Å². The van der Waals surface area contributed by atoms with Crippen molar-refractivity contribution in [2.75, 3.05) is 0 Å². The van der Waals surface area contributed by atoms with E-state index in [9.17, 15) is 4.39 Å². The lowest BCUT2D eigenvalue weighted by molar-refractivity contribution is 0.621. The number of nitrogens with two attached hydrogens (primary N) is 1. The van der Waals surface area contributed by atoms with Gasteiger partial charge in [0.1, 0.15) is 5.82 Å². The number of nitrogens with zero attached hydrogens (tertiary/aromatic N) is 1. The molecule has 2 aromatic rings. The third kappa shape index (κ3) is 3.15. The number of hydrogen-bond donors (Lipinski definition) is 1. The Kier molecular flexibility index (Phi) is 4.09. The Morgan fingerprint density at radius 2 is 2.11 bits per heavy atom. The van der Waals surface area contributed by atoms with Crippen LogP contribution in [-0.2, 0) is 6.42 Å². The van der Waals surface area contributed by atoms with E-state index in [2.05, 4.69) is 20.9 Å². The number of aryl methyl sites for hydroxylation is 1. The van der Waals surface area contributed by atoms with Crippen LogP contribution in [0.3, 0.4) is 0 Å². The van der Waals surface area contributed by atoms with Gasteiger partial charge in [0.2, 0.25) is 0 Å². The molecule has 94 valence electrons. The van der Waals surface area contributed by atoms with Crippen LogP contribution in [0.1, 0.15) is 22.9 Å². The highest BCUT2D eigenvalue weighted by atomic mass is 79.9. The number of halogens is 2. The molecule has 0 aliphatic heterocycles. The Hall–Kier alpha value is -1.26. The van der Waals surface area contributed by atoms with Crippen LogP contribution in [0.4, 0.5) is 4.39 Å². The second-order valence-electron chi connectivity index (χ2n) is 4.28. The molecule has 1 atom stereocenters. The van der Waals surface area contributed by atoms with E-state index >= 15 is 0 Å². The Labute approximate surface area is 114 Å². The molecule has 2 rings (SSSR count). The third-order valence-corrected chi connectivity index (χ3v) is 3.57. The molecule has 1 aromatic carbocycles. The maximum absolute atomic E-state index is 13.2. The van der Waals surface area contributed by atoms with E-state index in [-0.39, 0.29) is 11.9 Å².